The van der Waals surface area contributed by atoms with Crippen molar-refractivity contribution in [3.8, 4) is 0 Å². The number of nitrogens with zero attached hydrogens (tertiary/aromatic N) is 1. The highest BCUT2D eigenvalue weighted by Crippen LogP contribution is 2.29. The fourth-order valence-electron chi connectivity index (χ4n) is 2.35. The van der Waals surface area contributed by atoms with Gasteiger partial charge >= 0.3 is 0 Å². The van der Waals surface area contributed by atoms with Gasteiger partial charge in [0.1, 0.15) is 5.82 Å². The van der Waals surface area contributed by atoms with Gasteiger partial charge in [0.25, 0.3) is 0 Å². The number of nitrogen functional groups attached to an aromatic ring is 1. The molecule has 0 saturated heterocycles. The predicted octanol–water partition coefficient (Wildman–Crippen LogP) is 4.32. The highest BCUT2D eigenvalue weighted by atomic mass is 19.1. The summed E-state index contributed by atoms with van der Waals surface area (Å²) in [6, 6.07) is 12.5. The molecule has 3 rings (SSSR count). The first-order valence-electron chi connectivity index (χ1n) is 6.73. The van der Waals surface area contributed by atoms with E-state index >= 15 is 0 Å². The van der Waals surface area contributed by atoms with Crippen molar-refractivity contribution >= 4 is 28.0 Å². The van der Waals surface area contributed by atoms with Gasteiger partial charge in [-0.25, -0.2) is 4.39 Å². The Kier molecular flexibility index (Phi) is 3.22. The van der Waals surface area contributed by atoms with E-state index in [1.807, 2.05) is 44.2 Å². The number of anilines is 3. The molecule has 0 aliphatic rings. The van der Waals surface area contributed by atoms with Crippen LogP contribution in [0.25, 0.3) is 10.9 Å². The van der Waals surface area contributed by atoms with Crippen LogP contribution in [0.1, 0.15) is 11.3 Å². The third-order valence-electron chi connectivity index (χ3n) is 3.35. The molecule has 3 aromatic rings. The number of nitrogens with one attached hydrogen (secondary N) is 1. The molecule has 1 aromatic heterocycles. The summed E-state index contributed by atoms with van der Waals surface area (Å²) in [5.74, 6) is -0.276. The molecule has 0 aliphatic carbocycles. The van der Waals surface area contributed by atoms with Crippen LogP contribution in [-0.2, 0) is 0 Å². The van der Waals surface area contributed by atoms with E-state index in [1.165, 1.54) is 6.07 Å². The summed E-state index contributed by atoms with van der Waals surface area (Å²) in [4.78, 5) is 4.47. The van der Waals surface area contributed by atoms with E-state index in [0.717, 1.165) is 27.8 Å². The number of hydrogen-bond acceptors (Lipinski definition) is 3. The van der Waals surface area contributed by atoms with E-state index in [2.05, 4.69) is 10.3 Å². The number of pyridine rings is 1. The maximum Gasteiger partial charge on any atom is 0.146 e. The number of aryl methyl sites for hydroxylation is 2. The molecular weight excluding hydrogens is 265 g/mol. The van der Waals surface area contributed by atoms with Gasteiger partial charge in [0, 0.05) is 22.5 Å². The summed E-state index contributed by atoms with van der Waals surface area (Å²) in [7, 11) is 0. The molecule has 2 aromatic carbocycles. The second-order valence-electron chi connectivity index (χ2n) is 5.20. The molecule has 3 nitrogen and oxygen atoms in total. The Bertz CT molecular complexity index is 828. The maximum atomic E-state index is 14.0. The average molecular weight is 281 g/mol. The molecule has 4 heteroatoms. The summed E-state index contributed by atoms with van der Waals surface area (Å²) in [5, 5.41) is 4.02. The highest BCUT2D eigenvalue weighted by molar-refractivity contribution is 5.95. The van der Waals surface area contributed by atoms with Crippen molar-refractivity contribution < 1.29 is 4.39 Å². The molecule has 0 spiro atoms. The van der Waals surface area contributed by atoms with Gasteiger partial charge in [0.05, 0.1) is 11.2 Å². The first kappa shape index (κ1) is 13.4. The standard InChI is InChI=1S/C17H16FN3/c1-10-3-5-16(14(18)7-10)21-17-8-11(2)20-15-6-4-12(19)9-13(15)17/h3-9H,19H2,1-2H3,(H,20,21). The molecule has 0 amide bonds. The number of benzene rings is 2. The molecule has 0 atom stereocenters. The van der Waals surface area contributed by atoms with Crippen LogP contribution < -0.4 is 11.1 Å². The number of rotatable bonds is 2. The summed E-state index contributed by atoms with van der Waals surface area (Å²) in [5.41, 5.74) is 10.3. The van der Waals surface area contributed by atoms with Gasteiger partial charge in [-0.3, -0.25) is 4.98 Å². The van der Waals surface area contributed by atoms with E-state index in [-0.39, 0.29) is 5.82 Å². The minimum Gasteiger partial charge on any atom is -0.399 e. The third-order valence-corrected chi connectivity index (χ3v) is 3.35. The SMILES string of the molecule is Cc1ccc(Nc2cc(C)nc3ccc(N)cc23)c(F)c1. The number of hydrogen-bond donors (Lipinski definition) is 2. The van der Waals surface area contributed by atoms with Gasteiger partial charge in [-0.15, -0.1) is 0 Å². The topological polar surface area (TPSA) is 50.9 Å². The quantitative estimate of drug-likeness (QED) is 0.688. The molecule has 106 valence electrons. The molecule has 0 aliphatic heterocycles. The molecule has 0 radical (unpaired) electrons. The van der Waals surface area contributed by atoms with Crippen molar-refractivity contribution in [1.82, 2.24) is 4.98 Å². The van der Waals surface area contributed by atoms with E-state index in [0.29, 0.717) is 11.4 Å². The molecule has 0 saturated carbocycles. The zero-order valence-electron chi connectivity index (χ0n) is 11.9. The van der Waals surface area contributed by atoms with Crippen molar-refractivity contribution in [3.63, 3.8) is 0 Å². The van der Waals surface area contributed by atoms with E-state index < -0.39 is 0 Å². The van der Waals surface area contributed by atoms with Crippen LogP contribution in [0.2, 0.25) is 0 Å². The predicted molar refractivity (Wildman–Crippen MR) is 85.3 cm³/mol. The average Bonchev–Trinajstić information content (AvgIpc) is 2.42. The zero-order valence-corrected chi connectivity index (χ0v) is 11.9. The molecule has 21 heavy (non-hydrogen) atoms. The number of halogens is 1. The lowest BCUT2D eigenvalue weighted by Gasteiger charge is -2.12. The van der Waals surface area contributed by atoms with Crippen molar-refractivity contribution in [2.45, 2.75) is 13.8 Å². The Morgan fingerprint density at radius 1 is 1.00 bits per heavy atom. The van der Waals surface area contributed by atoms with Crippen LogP contribution in [0, 0.1) is 19.7 Å². The number of fused-ring (bicyclic) bond motifs is 1. The normalized spacial score (nSPS) is 10.8. The van der Waals surface area contributed by atoms with Crippen molar-refractivity contribution in [3.05, 3.63) is 59.5 Å². The van der Waals surface area contributed by atoms with Crippen molar-refractivity contribution in [2.24, 2.45) is 0 Å². The van der Waals surface area contributed by atoms with Crippen molar-refractivity contribution in [2.75, 3.05) is 11.1 Å². The van der Waals surface area contributed by atoms with Crippen molar-refractivity contribution in [1.29, 1.82) is 0 Å². The summed E-state index contributed by atoms with van der Waals surface area (Å²) in [6.45, 7) is 3.77. The third kappa shape index (κ3) is 2.65. The van der Waals surface area contributed by atoms with Gasteiger partial charge < -0.3 is 11.1 Å². The van der Waals surface area contributed by atoms with Gasteiger partial charge in [0.15, 0.2) is 0 Å². The lowest BCUT2D eigenvalue weighted by molar-refractivity contribution is 0.631. The summed E-state index contributed by atoms with van der Waals surface area (Å²) in [6.07, 6.45) is 0. The Morgan fingerprint density at radius 3 is 2.57 bits per heavy atom. The highest BCUT2D eigenvalue weighted by Gasteiger charge is 2.08. The Labute approximate surface area is 122 Å². The first-order valence-corrected chi connectivity index (χ1v) is 6.73. The minimum atomic E-state index is -0.276. The maximum absolute atomic E-state index is 14.0. The van der Waals surface area contributed by atoms with Gasteiger partial charge in [0.2, 0.25) is 0 Å². The zero-order chi connectivity index (χ0) is 15.0. The van der Waals surface area contributed by atoms with E-state index in [9.17, 15) is 4.39 Å². The second-order valence-corrected chi connectivity index (χ2v) is 5.20. The van der Waals surface area contributed by atoms with Crippen LogP contribution in [-0.4, -0.2) is 4.98 Å². The molecule has 0 unspecified atom stereocenters. The molecule has 0 bridgehead atoms. The second kappa shape index (κ2) is 5.05. The van der Waals surface area contributed by atoms with E-state index in [4.69, 9.17) is 5.73 Å². The van der Waals surface area contributed by atoms with Crippen LogP contribution >= 0.6 is 0 Å². The Balaban J connectivity index is 2.13. The van der Waals surface area contributed by atoms with Crippen LogP contribution in [0.15, 0.2) is 42.5 Å². The molecule has 0 fully saturated rings. The molecular formula is C17H16FN3. The van der Waals surface area contributed by atoms with Gasteiger partial charge in [-0.2, -0.15) is 0 Å². The monoisotopic (exact) mass is 281 g/mol. The van der Waals surface area contributed by atoms with E-state index in [1.54, 1.807) is 6.07 Å². The largest absolute Gasteiger partial charge is 0.399 e. The van der Waals surface area contributed by atoms with Gasteiger partial charge in [-0.05, 0) is 55.8 Å². The Hall–Kier alpha value is -2.62. The van der Waals surface area contributed by atoms with Gasteiger partial charge in [-0.1, -0.05) is 6.07 Å². The fraction of sp³-hybridized carbons (Fsp3) is 0.118. The molecule has 1 heterocycles. The summed E-state index contributed by atoms with van der Waals surface area (Å²) >= 11 is 0. The van der Waals surface area contributed by atoms with Crippen LogP contribution in [0.3, 0.4) is 0 Å². The fourth-order valence-corrected chi connectivity index (χ4v) is 2.35. The van der Waals surface area contributed by atoms with Crippen LogP contribution in [0.5, 0.6) is 0 Å². The number of aromatic nitrogens is 1. The van der Waals surface area contributed by atoms with Crippen LogP contribution in [0.4, 0.5) is 21.5 Å². The lowest BCUT2D eigenvalue weighted by atomic mass is 10.1. The Morgan fingerprint density at radius 2 is 1.81 bits per heavy atom. The lowest BCUT2D eigenvalue weighted by Crippen LogP contribution is -1.98. The smallest absolute Gasteiger partial charge is 0.146 e. The molecule has 3 N–H and O–H groups in total. The minimum absolute atomic E-state index is 0.276. The number of nitrogens with two attached hydrogens (primary N) is 1. The first-order chi connectivity index (χ1) is 10.0. The summed E-state index contributed by atoms with van der Waals surface area (Å²) < 4.78 is 14.0.